The molecule has 0 unspecified atom stereocenters. The summed E-state index contributed by atoms with van der Waals surface area (Å²) in [7, 11) is -3.59. The summed E-state index contributed by atoms with van der Waals surface area (Å²) in [5.41, 5.74) is 1.21. The van der Waals surface area contributed by atoms with Gasteiger partial charge in [-0.2, -0.15) is 0 Å². The van der Waals surface area contributed by atoms with Gasteiger partial charge >= 0.3 is 0 Å². The van der Waals surface area contributed by atoms with E-state index in [-0.39, 0.29) is 10.9 Å². The lowest BCUT2D eigenvalue weighted by Crippen LogP contribution is -2.30. The van der Waals surface area contributed by atoms with Crippen molar-refractivity contribution in [1.29, 1.82) is 0 Å². The van der Waals surface area contributed by atoms with E-state index in [1.807, 2.05) is 19.1 Å². The summed E-state index contributed by atoms with van der Waals surface area (Å²) >= 11 is 5.99. The summed E-state index contributed by atoms with van der Waals surface area (Å²) in [6.45, 7) is 5.38. The largest absolute Gasteiger partial charge is 0.242 e. The smallest absolute Gasteiger partial charge is 0.234 e. The lowest BCUT2D eigenvalue weighted by Gasteiger charge is -2.12. The zero-order chi connectivity index (χ0) is 14.2. The molecule has 6 heteroatoms. The summed E-state index contributed by atoms with van der Waals surface area (Å²) in [6.07, 6.45) is 0. The van der Waals surface area contributed by atoms with Crippen molar-refractivity contribution in [3.05, 3.63) is 35.0 Å². The van der Waals surface area contributed by atoms with E-state index in [1.165, 1.54) is 6.07 Å². The summed E-state index contributed by atoms with van der Waals surface area (Å²) in [5, 5.41) is 1.08. The number of rotatable bonds is 3. The van der Waals surface area contributed by atoms with Gasteiger partial charge in [0, 0.05) is 11.4 Å². The number of aromatic nitrogens is 1. The number of nitrogens with zero attached hydrogens (tertiary/aromatic N) is 1. The van der Waals surface area contributed by atoms with Crippen LogP contribution in [0.2, 0.25) is 5.15 Å². The summed E-state index contributed by atoms with van der Waals surface area (Å²) in [6, 6.07) is 6.71. The minimum atomic E-state index is -3.59. The van der Waals surface area contributed by atoms with Crippen LogP contribution in [-0.2, 0) is 10.0 Å². The number of fused-ring (bicyclic) bond motifs is 1. The van der Waals surface area contributed by atoms with Gasteiger partial charge in [-0.25, -0.2) is 18.1 Å². The Hall–Kier alpha value is -1.17. The minimum absolute atomic E-state index is 0.153. The first-order chi connectivity index (χ1) is 8.81. The SMILES string of the molecule is Cc1cc2cccc(S(=O)(=O)NC(C)C)c2nc1Cl. The Balaban J connectivity index is 2.71. The maximum absolute atomic E-state index is 12.3. The quantitative estimate of drug-likeness (QED) is 0.886. The molecular weight excluding hydrogens is 284 g/mol. The van der Waals surface area contributed by atoms with Crippen LogP contribution < -0.4 is 4.72 Å². The summed E-state index contributed by atoms with van der Waals surface area (Å²) in [5.74, 6) is 0. The Kier molecular flexibility index (Phi) is 3.80. The van der Waals surface area contributed by atoms with E-state index < -0.39 is 10.0 Å². The third-order valence-electron chi connectivity index (χ3n) is 2.62. The van der Waals surface area contributed by atoms with Crippen molar-refractivity contribution in [3.63, 3.8) is 0 Å². The monoisotopic (exact) mass is 298 g/mol. The second-order valence-electron chi connectivity index (χ2n) is 4.70. The summed E-state index contributed by atoms with van der Waals surface area (Å²) < 4.78 is 27.1. The molecule has 0 saturated heterocycles. The van der Waals surface area contributed by atoms with Gasteiger partial charge in [0.2, 0.25) is 10.0 Å². The van der Waals surface area contributed by atoms with Gasteiger partial charge in [0.25, 0.3) is 0 Å². The predicted molar refractivity (Wildman–Crippen MR) is 76.9 cm³/mol. The molecule has 0 radical (unpaired) electrons. The van der Waals surface area contributed by atoms with Crippen molar-refractivity contribution < 1.29 is 8.42 Å². The number of aryl methyl sites for hydroxylation is 1. The van der Waals surface area contributed by atoms with Gasteiger partial charge in [0.1, 0.15) is 10.0 Å². The molecule has 19 heavy (non-hydrogen) atoms. The molecule has 0 bridgehead atoms. The van der Waals surface area contributed by atoms with Gasteiger partial charge in [0.05, 0.1) is 5.52 Å². The van der Waals surface area contributed by atoms with E-state index in [0.717, 1.165) is 10.9 Å². The highest BCUT2D eigenvalue weighted by atomic mass is 35.5. The third kappa shape index (κ3) is 2.88. The molecular formula is C13H15ClN2O2S. The number of hydrogen-bond acceptors (Lipinski definition) is 3. The van der Waals surface area contributed by atoms with Crippen LogP contribution in [0.3, 0.4) is 0 Å². The molecule has 0 aliphatic heterocycles. The lowest BCUT2D eigenvalue weighted by molar-refractivity contribution is 0.570. The van der Waals surface area contributed by atoms with Gasteiger partial charge in [-0.1, -0.05) is 23.7 Å². The molecule has 0 atom stereocenters. The van der Waals surface area contributed by atoms with Gasteiger partial charge in [0.15, 0.2) is 0 Å². The zero-order valence-corrected chi connectivity index (χ0v) is 12.5. The van der Waals surface area contributed by atoms with Crippen LogP contribution in [0.15, 0.2) is 29.2 Å². The fourth-order valence-corrected chi connectivity index (χ4v) is 3.41. The van der Waals surface area contributed by atoms with Crippen molar-refractivity contribution in [2.45, 2.75) is 31.7 Å². The molecule has 102 valence electrons. The third-order valence-corrected chi connectivity index (χ3v) is 4.69. The van der Waals surface area contributed by atoms with E-state index in [9.17, 15) is 8.42 Å². The molecule has 1 aromatic heterocycles. The van der Waals surface area contributed by atoms with Crippen LogP contribution in [0, 0.1) is 6.92 Å². The number of benzene rings is 1. The molecule has 2 aromatic rings. The van der Waals surface area contributed by atoms with Crippen molar-refractivity contribution in [3.8, 4) is 0 Å². The molecule has 1 aromatic carbocycles. The molecule has 0 aliphatic rings. The van der Waals surface area contributed by atoms with Crippen LogP contribution in [0.4, 0.5) is 0 Å². The minimum Gasteiger partial charge on any atom is -0.234 e. The number of pyridine rings is 1. The van der Waals surface area contributed by atoms with Crippen LogP contribution in [-0.4, -0.2) is 19.4 Å². The highest BCUT2D eigenvalue weighted by Crippen LogP contribution is 2.25. The normalized spacial score (nSPS) is 12.3. The van der Waals surface area contributed by atoms with Crippen LogP contribution >= 0.6 is 11.6 Å². The van der Waals surface area contributed by atoms with Gasteiger partial charge in [-0.15, -0.1) is 0 Å². The second-order valence-corrected chi connectivity index (χ2v) is 6.74. The molecule has 2 rings (SSSR count). The van der Waals surface area contributed by atoms with Crippen molar-refractivity contribution in [1.82, 2.24) is 9.71 Å². The standard InChI is InChI=1S/C13H15ClN2O2S/c1-8(2)16-19(17,18)11-6-4-5-10-7-9(3)13(14)15-12(10)11/h4-8,16H,1-3H3. The summed E-state index contributed by atoms with van der Waals surface area (Å²) in [4.78, 5) is 4.35. The Bertz CT molecular complexity index is 727. The molecule has 0 amide bonds. The molecule has 0 spiro atoms. The predicted octanol–water partition coefficient (Wildman–Crippen LogP) is 2.88. The Morgan fingerprint density at radius 2 is 2.00 bits per heavy atom. The number of sulfonamides is 1. The lowest BCUT2D eigenvalue weighted by atomic mass is 10.2. The van der Waals surface area contributed by atoms with Gasteiger partial charge in [-0.05, 0) is 38.5 Å². The fraction of sp³-hybridized carbons (Fsp3) is 0.308. The fourth-order valence-electron chi connectivity index (χ4n) is 1.85. The average Bonchev–Trinajstić information content (AvgIpc) is 2.28. The van der Waals surface area contributed by atoms with E-state index in [4.69, 9.17) is 11.6 Å². The number of nitrogens with one attached hydrogen (secondary N) is 1. The number of para-hydroxylation sites is 1. The van der Waals surface area contributed by atoms with Crippen LogP contribution in [0.1, 0.15) is 19.4 Å². The van der Waals surface area contributed by atoms with Crippen molar-refractivity contribution >= 4 is 32.5 Å². The average molecular weight is 299 g/mol. The van der Waals surface area contributed by atoms with Crippen molar-refractivity contribution in [2.75, 3.05) is 0 Å². The molecule has 0 aliphatic carbocycles. The maximum Gasteiger partial charge on any atom is 0.242 e. The molecule has 0 fully saturated rings. The highest BCUT2D eigenvalue weighted by molar-refractivity contribution is 7.89. The van der Waals surface area contributed by atoms with Gasteiger partial charge < -0.3 is 0 Å². The number of halogens is 1. The van der Waals surface area contributed by atoms with Crippen molar-refractivity contribution in [2.24, 2.45) is 0 Å². The zero-order valence-electron chi connectivity index (χ0n) is 10.9. The topological polar surface area (TPSA) is 59.1 Å². The first-order valence-electron chi connectivity index (χ1n) is 5.89. The van der Waals surface area contributed by atoms with Gasteiger partial charge in [-0.3, -0.25) is 0 Å². The second kappa shape index (κ2) is 5.07. The molecule has 1 heterocycles. The first-order valence-corrected chi connectivity index (χ1v) is 7.75. The highest BCUT2D eigenvalue weighted by Gasteiger charge is 2.19. The van der Waals surface area contributed by atoms with E-state index in [1.54, 1.807) is 19.9 Å². The molecule has 4 nitrogen and oxygen atoms in total. The Morgan fingerprint density at radius 3 is 2.63 bits per heavy atom. The molecule has 1 N–H and O–H groups in total. The Labute approximate surface area is 117 Å². The van der Waals surface area contributed by atoms with Crippen LogP contribution in [0.5, 0.6) is 0 Å². The number of hydrogen-bond donors (Lipinski definition) is 1. The Morgan fingerprint density at radius 1 is 1.32 bits per heavy atom. The van der Waals surface area contributed by atoms with E-state index in [0.29, 0.717) is 10.7 Å². The van der Waals surface area contributed by atoms with E-state index in [2.05, 4.69) is 9.71 Å². The van der Waals surface area contributed by atoms with E-state index >= 15 is 0 Å². The first kappa shape index (κ1) is 14.2. The maximum atomic E-state index is 12.3. The molecule has 0 saturated carbocycles. The van der Waals surface area contributed by atoms with Crippen LogP contribution in [0.25, 0.3) is 10.9 Å².